The zero-order valence-corrected chi connectivity index (χ0v) is 26.7. The van der Waals surface area contributed by atoms with Crippen LogP contribution >= 0.6 is 0 Å². The average molecular weight is 609 g/mol. The van der Waals surface area contributed by atoms with Crippen molar-refractivity contribution in [2.45, 2.75) is 70.6 Å². The van der Waals surface area contributed by atoms with Gasteiger partial charge in [0, 0.05) is 36.4 Å². The van der Waals surface area contributed by atoms with Gasteiger partial charge < -0.3 is 20.0 Å². The SMILES string of the molecule is Cc1cc(Nc2nccc(-c3cc(C#N)c4c(c3)[C@@](C)(CO[Si](C)(C)C(C)(C)C)CN4)n2)n(CC(=O)N2CC(F)(F)C2)n1. The summed E-state index contributed by atoms with van der Waals surface area (Å²) in [6.45, 7) is 14.9. The van der Waals surface area contributed by atoms with Gasteiger partial charge in [0.2, 0.25) is 11.9 Å². The van der Waals surface area contributed by atoms with Crippen molar-refractivity contribution in [2.75, 3.05) is 36.9 Å². The Morgan fingerprint density at radius 3 is 2.63 bits per heavy atom. The van der Waals surface area contributed by atoms with E-state index in [-0.39, 0.29) is 22.9 Å². The first-order chi connectivity index (χ1) is 20.0. The summed E-state index contributed by atoms with van der Waals surface area (Å²) in [5.74, 6) is -2.55. The number of carbonyl (C=O) groups is 1. The molecule has 3 aromatic rings. The molecule has 4 heterocycles. The maximum atomic E-state index is 13.3. The number of nitriles is 1. The van der Waals surface area contributed by atoms with Gasteiger partial charge in [-0.25, -0.2) is 23.4 Å². The number of benzene rings is 1. The van der Waals surface area contributed by atoms with Gasteiger partial charge in [0.25, 0.3) is 5.92 Å². The largest absolute Gasteiger partial charge is 0.416 e. The molecule has 0 spiro atoms. The molecule has 0 radical (unpaired) electrons. The van der Waals surface area contributed by atoms with E-state index >= 15 is 0 Å². The zero-order valence-electron chi connectivity index (χ0n) is 25.7. The summed E-state index contributed by atoms with van der Waals surface area (Å²) in [4.78, 5) is 22.7. The lowest BCUT2D eigenvalue weighted by molar-refractivity contribution is -0.166. The van der Waals surface area contributed by atoms with E-state index in [0.717, 1.165) is 21.7 Å². The van der Waals surface area contributed by atoms with Gasteiger partial charge in [0.15, 0.2) is 8.32 Å². The minimum atomic E-state index is -2.83. The van der Waals surface area contributed by atoms with Crippen LogP contribution in [0.15, 0.2) is 30.5 Å². The molecule has 2 aliphatic heterocycles. The molecule has 2 aliphatic rings. The molecule has 1 atom stereocenters. The number of likely N-dealkylation sites (tertiary alicyclic amines) is 1. The van der Waals surface area contributed by atoms with E-state index in [9.17, 15) is 18.8 Å². The number of fused-ring (bicyclic) bond motifs is 1. The first-order valence-corrected chi connectivity index (χ1v) is 17.2. The molecule has 1 fully saturated rings. The third-order valence-corrected chi connectivity index (χ3v) is 13.2. The number of aryl methyl sites for hydroxylation is 1. The van der Waals surface area contributed by atoms with Crippen molar-refractivity contribution in [1.29, 1.82) is 5.26 Å². The van der Waals surface area contributed by atoms with Crippen LogP contribution in [0.4, 0.5) is 26.2 Å². The second-order valence-electron chi connectivity index (χ2n) is 13.3. The quantitative estimate of drug-likeness (QED) is 0.324. The molecular weight excluding hydrogens is 570 g/mol. The number of nitrogens with zero attached hydrogens (tertiary/aromatic N) is 6. The molecule has 43 heavy (non-hydrogen) atoms. The number of aromatic nitrogens is 4. The van der Waals surface area contributed by atoms with Gasteiger partial charge in [-0.05, 0) is 48.8 Å². The van der Waals surface area contributed by atoms with Crippen LogP contribution < -0.4 is 10.6 Å². The van der Waals surface area contributed by atoms with Gasteiger partial charge in [0.05, 0.1) is 35.7 Å². The van der Waals surface area contributed by atoms with E-state index in [1.54, 1.807) is 25.3 Å². The summed E-state index contributed by atoms with van der Waals surface area (Å²) in [5, 5.41) is 21.0. The summed E-state index contributed by atoms with van der Waals surface area (Å²) in [5.41, 5.74) is 4.04. The molecular formula is C30H38F2N8O2Si. The summed E-state index contributed by atoms with van der Waals surface area (Å²) in [6, 6.07) is 9.71. The van der Waals surface area contributed by atoms with E-state index in [4.69, 9.17) is 9.41 Å². The molecule has 1 saturated heterocycles. The fourth-order valence-corrected chi connectivity index (χ4v) is 6.10. The predicted molar refractivity (Wildman–Crippen MR) is 163 cm³/mol. The molecule has 1 amide bonds. The topological polar surface area (TPSA) is 121 Å². The van der Waals surface area contributed by atoms with Crippen LogP contribution in [0.3, 0.4) is 0 Å². The van der Waals surface area contributed by atoms with Gasteiger partial charge in [-0.3, -0.25) is 4.79 Å². The fourth-order valence-electron chi connectivity index (χ4n) is 4.99. The van der Waals surface area contributed by atoms with Gasteiger partial charge >= 0.3 is 0 Å². The molecule has 0 aliphatic carbocycles. The lowest BCUT2D eigenvalue weighted by Gasteiger charge is -2.39. The zero-order chi connectivity index (χ0) is 31.4. The number of nitrogens with one attached hydrogen (secondary N) is 2. The lowest BCUT2D eigenvalue weighted by Crippen LogP contribution is -2.59. The number of anilines is 3. The number of rotatable bonds is 8. The normalized spacial score (nSPS) is 19.3. The van der Waals surface area contributed by atoms with Gasteiger partial charge in [-0.15, -0.1) is 0 Å². The van der Waals surface area contributed by atoms with E-state index in [1.165, 1.54) is 4.68 Å². The Labute approximate surface area is 251 Å². The molecule has 2 N–H and O–H groups in total. The molecule has 0 unspecified atom stereocenters. The molecule has 13 heteroatoms. The number of carbonyl (C=O) groups excluding carboxylic acids is 1. The predicted octanol–water partition coefficient (Wildman–Crippen LogP) is 5.45. The van der Waals surface area contributed by atoms with Crippen molar-refractivity contribution in [1.82, 2.24) is 24.6 Å². The molecule has 0 bridgehead atoms. The summed E-state index contributed by atoms with van der Waals surface area (Å²) < 4.78 is 34.6. The summed E-state index contributed by atoms with van der Waals surface area (Å²) >= 11 is 0. The first-order valence-electron chi connectivity index (χ1n) is 14.3. The first kappa shape index (κ1) is 30.6. The molecule has 10 nitrogen and oxygen atoms in total. The van der Waals surface area contributed by atoms with Crippen LogP contribution in [-0.2, 0) is 21.2 Å². The highest BCUT2D eigenvalue weighted by Gasteiger charge is 2.46. The standard InChI is InChI=1S/C30H38F2N8O2Si/c1-19-10-24(40(38-19)14-25(41)39-16-30(31,32)17-39)37-27-34-9-8-23(36-27)20-11-21(13-33)26-22(12-20)29(5,15-35-26)18-42-43(6,7)28(2,3)4/h8-12,35H,14-18H2,1-7H3,(H,34,36,37)/t29-/m1/s1. The molecule has 5 rings (SSSR count). The Kier molecular flexibility index (Phi) is 7.59. The van der Waals surface area contributed by atoms with E-state index < -0.39 is 33.2 Å². The fraction of sp³-hybridized carbons (Fsp3) is 0.500. The maximum absolute atomic E-state index is 13.3. The average Bonchev–Trinajstić information content (AvgIpc) is 3.43. The van der Waals surface area contributed by atoms with E-state index in [2.05, 4.69) is 73.6 Å². The van der Waals surface area contributed by atoms with E-state index in [1.807, 2.05) is 6.07 Å². The van der Waals surface area contributed by atoms with Gasteiger partial charge in [0.1, 0.15) is 18.4 Å². The van der Waals surface area contributed by atoms with Crippen molar-refractivity contribution >= 4 is 31.7 Å². The van der Waals surface area contributed by atoms with Crippen LogP contribution in [0.5, 0.6) is 0 Å². The Balaban J connectivity index is 1.39. The highest BCUT2D eigenvalue weighted by Crippen LogP contribution is 2.44. The highest BCUT2D eigenvalue weighted by molar-refractivity contribution is 6.74. The van der Waals surface area contributed by atoms with Crippen molar-refractivity contribution < 1.29 is 18.0 Å². The monoisotopic (exact) mass is 608 g/mol. The third-order valence-electron chi connectivity index (χ3n) is 8.70. The number of amides is 1. The number of hydrogen-bond donors (Lipinski definition) is 2. The Morgan fingerprint density at radius 1 is 1.26 bits per heavy atom. The van der Waals surface area contributed by atoms with Gasteiger partial charge in [-0.2, -0.15) is 10.4 Å². The van der Waals surface area contributed by atoms with Crippen LogP contribution in [-0.4, -0.2) is 71.0 Å². The summed E-state index contributed by atoms with van der Waals surface area (Å²) in [7, 11) is -2.00. The Morgan fingerprint density at radius 2 is 1.98 bits per heavy atom. The van der Waals surface area contributed by atoms with Crippen molar-refractivity contribution in [2.24, 2.45) is 0 Å². The van der Waals surface area contributed by atoms with Crippen molar-refractivity contribution in [3.63, 3.8) is 0 Å². The lowest BCUT2D eigenvalue weighted by atomic mass is 9.83. The molecule has 1 aromatic carbocycles. The maximum Gasteiger partial charge on any atom is 0.282 e. The second-order valence-corrected chi connectivity index (χ2v) is 18.2. The Bertz CT molecular complexity index is 1600. The highest BCUT2D eigenvalue weighted by atomic mass is 28.4. The molecule has 2 aromatic heterocycles. The molecule has 228 valence electrons. The minimum Gasteiger partial charge on any atom is -0.416 e. The van der Waals surface area contributed by atoms with Crippen LogP contribution in [0.2, 0.25) is 18.1 Å². The van der Waals surface area contributed by atoms with Crippen LogP contribution in [0, 0.1) is 18.3 Å². The second kappa shape index (κ2) is 10.7. The number of hydrogen-bond acceptors (Lipinski definition) is 8. The van der Waals surface area contributed by atoms with Crippen molar-refractivity contribution in [3.05, 3.63) is 47.3 Å². The van der Waals surface area contributed by atoms with E-state index in [0.29, 0.717) is 35.9 Å². The third kappa shape index (κ3) is 6.12. The van der Waals surface area contributed by atoms with Crippen LogP contribution in [0.25, 0.3) is 11.3 Å². The number of halogens is 2. The van der Waals surface area contributed by atoms with Crippen molar-refractivity contribution in [3.8, 4) is 17.3 Å². The number of alkyl halides is 2. The summed E-state index contributed by atoms with van der Waals surface area (Å²) in [6.07, 6.45) is 1.61. The van der Waals surface area contributed by atoms with Crippen LogP contribution in [0.1, 0.15) is 44.5 Å². The van der Waals surface area contributed by atoms with Gasteiger partial charge in [-0.1, -0.05) is 27.7 Å². The molecule has 0 saturated carbocycles. The smallest absolute Gasteiger partial charge is 0.282 e. The minimum absolute atomic E-state index is 0.0764. The Hall–Kier alpha value is -3.89.